The van der Waals surface area contributed by atoms with Crippen molar-refractivity contribution in [2.75, 3.05) is 13.2 Å². The van der Waals surface area contributed by atoms with Crippen LogP contribution < -0.4 is 0 Å². The summed E-state index contributed by atoms with van der Waals surface area (Å²) in [6, 6.07) is 0. The van der Waals surface area contributed by atoms with Crippen LogP contribution in [0.2, 0.25) is 0 Å². The van der Waals surface area contributed by atoms with Gasteiger partial charge in [0.1, 0.15) is 6.61 Å². The first kappa shape index (κ1) is 50.7. The molecule has 9 heteroatoms. The summed E-state index contributed by atoms with van der Waals surface area (Å²) in [5, 5.41) is 0. The van der Waals surface area contributed by atoms with Crippen molar-refractivity contribution in [3.05, 3.63) is 109 Å². The molecule has 0 bridgehead atoms. The third-order valence-electron chi connectivity index (χ3n) is 7.78. The molecule has 8 nitrogen and oxygen atoms in total. The second-order valence-corrected chi connectivity index (χ2v) is 14.1. The summed E-state index contributed by atoms with van der Waals surface area (Å²) in [4.78, 5) is 42.7. The van der Waals surface area contributed by atoms with Crippen LogP contribution in [0.5, 0.6) is 0 Å². The molecule has 0 spiro atoms. The molecule has 0 aromatic rings. The zero-order valence-corrected chi connectivity index (χ0v) is 34.2. The lowest BCUT2D eigenvalue weighted by atomic mass is 10.2. The van der Waals surface area contributed by atoms with Gasteiger partial charge in [0.2, 0.25) is 0 Å². The van der Waals surface area contributed by atoms with Crippen molar-refractivity contribution in [2.24, 2.45) is 0 Å². The zero-order valence-electron chi connectivity index (χ0n) is 33.3. The second-order valence-electron chi connectivity index (χ2n) is 12.9. The van der Waals surface area contributed by atoms with Gasteiger partial charge in [-0.05, 0) is 89.9 Å². The van der Waals surface area contributed by atoms with E-state index in [-0.39, 0.29) is 19.4 Å². The quantitative estimate of drug-likeness (QED) is 0.0283. The van der Waals surface area contributed by atoms with Crippen LogP contribution in [0.1, 0.15) is 142 Å². The maximum absolute atomic E-state index is 12.4. The van der Waals surface area contributed by atoms with Gasteiger partial charge in [-0.25, -0.2) is 4.57 Å². The van der Waals surface area contributed by atoms with E-state index in [1.165, 1.54) is 44.9 Å². The van der Waals surface area contributed by atoms with Gasteiger partial charge in [-0.15, -0.1) is 0 Å². The maximum atomic E-state index is 12.4. The number of allylic oxidation sites excluding steroid dienone is 18. The Bertz CT molecular complexity index is 1230. The molecule has 0 unspecified atom stereocenters. The molecule has 0 aliphatic rings. The molecular formula is C45H71O8P. The molecule has 0 aromatic carbocycles. The van der Waals surface area contributed by atoms with E-state index < -0.39 is 32.5 Å². The van der Waals surface area contributed by atoms with Crippen molar-refractivity contribution in [2.45, 2.75) is 148 Å². The molecule has 0 rings (SSSR count). The molecule has 2 N–H and O–H groups in total. The Labute approximate surface area is 327 Å². The van der Waals surface area contributed by atoms with Gasteiger partial charge < -0.3 is 19.3 Å². The molecule has 54 heavy (non-hydrogen) atoms. The number of hydrogen-bond acceptors (Lipinski definition) is 6. The number of phosphoric acid groups is 1. The molecule has 1 atom stereocenters. The molecule has 0 fully saturated rings. The summed E-state index contributed by atoms with van der Waals surface area (Å²) in [5.74, 6) is -1.06. The molecule has 0 amide bonds. The highest BCUT2D eigenvalue weighted by Crippen LogP contribution is 2.35. The maximum Gasteiger partial charge on any atom is 0.469 e. The Balaban J connectivity index is 4.20. The number of rotatable bonds is 35. The minimum Gasteiger partial charge on any atom is -0.462 e. The second kappa shape index (κ2) is 39.4. The largest absolute Gasteiger partial charge is 0.469 e. The van der Waals surface area contributed by atoms with Crippen LogP contribution >= 0.6 is 7.82 Å². The van der Waals surface area contributed by atoms with E-state index in [1.807, 2.05) is 18.2 Å². The number of esters is 2. The number of carbonyl (C=O) groups is 2. The van der Waals surface area contributed by atoms with Crippen LogP contribution in [-0.2, 0) is 28.2 Å². The number of carbonyl (C=O) groups excluding carboxylic acids is 2. The zero-order chi connectivity index (χ0) is 39.6. The Kier molecular flexibility index (Phi) is 37.0. The Morgan fingerprint density at radius 3 is 1.24 bits per heavy atom. The number of hydrogen-bond donors (Lipinski definition) is 2. The Morgan fingerprint density at radius 2 is 0.852 bits per heavy atom. The lowest BCUT2D eigenvalue weighted by Crippen LogP contribution is -2.29. The van der Waals surface area contributed by atoms with Gasteiger partial charge in [-0.2, -0.15) is 0 Å². The summed E-state index contributed by atoms with van der Waals surface area (Å²) < 4.78 is 26.2. The average molecular weight is 771 g/mol. The lowest BCUT2D eigenvalue weighted by molar-refractivity contribution is -0.161. The summed E-state index contributed by atoms with van der Waals surface area (Å²) in [6.45, 7) is 3.50. The van der Waals surface area contributed by atoms with Gasteiger partial charge in [-0.1, -0.05) is 149 Å². The van der Waals surface area contributed by atoms with Gasteiger partial charge in [0, 0.05) is 12.8 Å². The highest BCUT2D eigenvalue weighted by Gasteiger charge is 2.22. The first-order valence-electron chi connectivity index (χ1n) is 20.2. The SMILES string of the molecule is CCCCC/C=C\C/C=C\C/C=C\C/C=C\C/C=C\CCC(=O)O[C@H](COC(=O)CCC/C=C\C/C=C\C/C=C\C/C=C\CCCCC)COP(=O)(O)O. The summed E-state index contributed by atoms with van der Waals surface area (Å²) in [6.07, 6.45) is 55.4. The third kappa shape index (κ3) is 41.5. The van der Waals surface area contributed by atoms with Crippen LogP contribution in [0.25, 0.3) is 0 Å². The highest BCUT2D eigenvalue weighted by atomic mass is 31.2. The number of phosphoric ester groups is 1. The summed E-state index contributed by atoms with van der Waals surface area (Å²) in [5.41, 5.74) is 0. The van der Waals surface area contributed by atoms with Crippen LogP contribution in [-0.4, -0.2) is 41.0 Å². The van der Waals surface area contributed by atoms with Crippen LogP contribution in [0.4, 0.5) is 0 Å². The predicted octanol–water partition coefficient (Wildman–Crippen LogP) is 12.4. The fourth-order valence-corrected chi connectivity index (χ4v) is 5.12. The van der Waals surface area contributed by atoms with Crippen LogP contribution in [0.3, 0.4) is 0 Å². The van der Waals surface area contributed by atoms with Gasteiger partial charge >= 0.3 is 19.8 Å². The Hall–Kier alpha value is -3.29. The normalized spacial score (nSPS) is 13.6. The molecule has 0 aromatic heterocycles. The van der Waals surface area contributed by atoms with E-state index in [9.17, 15) is 14.2 Å². The predicted molar refractivity (Wildman–Crippen MR) is 225 cm³/mol. The van der Waals surface area contributed by atoms with Crippen molar-refractivity contribution in [1.82, 2.24) is 0 Å². The van der Waals surface area contributed by atoms with Gasteiger partial charge in [0.15, 0.2) is 6.10 Å². The van der Waals surface area contributed by atoms with Gasteiger partial charge in [0.05, 0.1) is 6.61 Å². The van der Waals surface area contributed by atoms with Crippen LogP contribution in [0.15, 0.2) is 109 Å². The molecule has 304 valence electrons. The summed E-state index contributed by atoms with van der Waals surface area (Å²) in [7, 11) is -4.79. The van der Waals surface area contributed by atoms with Crippen molar-refractivity contribution in [1.29, 1.82) is 0 Å². The molecule has 0 saturated carbocycles. The van der Waals surface area contributed by atoms with E-state index in [0.717, 1.165) is 51.4 Å². The van der Waals surface area contributed by atoms with E-state index >= 15 is 0 Å². The smallest absolute Gasteiger partial charge is 0.462 e. The highest BCUT2D eigenvalue weighted by molar-refractivity contribution is 7.46. The van der Waals surface area contributed by atoms with Crippen molar-refractivity contribution < 1.29 is 37.9 Å². The molecule has 0 radical (unpaired) electrons. The molecule has 0 saturated heterocycles. The first-order valence-corrected chi connectivity index (χ1v) is 21.7. The van der Waals surface area contributed by atoms with E-state index in [2.05, 4.69) is 110 Å². The third-order valence-corrected chi connectivity index (χ3v) is 8.26. The van der Waals surface area contributed by atoms with Crippen molar-refractivity contribution in [3.8, 4) is 0 Å². The monoisotopic (exact) mass is 770 g/mol. The summed E-state index contributed by atoms with van der Waals surface area (Å²) >= 11 is 0. The topological polar surface area (TPSA) is 119 Å². The standard InChI is InChI=1S/C45H71O8P/c1-3-5-7-9-11-13-15-17-19-21-22-24-26-28-30-32-34-36-38-40-45(47)53-43(42-52-54(48,49)50)41-51-44(46)39-37-35-33-31-29-27-25-23-20-18-16-14-12-10-8-6-4-2/h11-14,17-20,22,24-25,27-28,30-31,33-34,36,43H,3-10,15-16,21,23,26,29,32,35,37-42H2,1-2H3,(H2,48,49,50)/b13-11-,14-12-,19-17-,20-18-,24-22-,27-25-,30-28-,33-31-,36-34-/t43-/m1/s1. The fourth-order valence-electron chi connectivity index (χ4n) is 4.76. The van der Waals surface area contributed by atoms with Gasteiger partial charge in [-0.3, -0.25) is 14.1 Å². The minimum absolute atomic E-state index is 0.0700. The van der Waals surface area contributed by atoms with Crippen LogP contribution in [0, 0.1) is 0 Å². The first-order chi connectivity index (χ1) is 26.3. The number of ether oxygens (including phenoxy) is 2. The van der Waals surface area contributed by atoms with E-state index in [4.69, 9.17) is 19.3 Å². The average Bonchev–Trinajstić information content (AvgIpc) is 3.14. The molecule has 0 aliphatic carbocycles. The van der Waals surface area contributed by atoms with Crippen molar-refractivity contribution >= 4 is 19.8 Å². The lowest BCUT2D eigenvalue weighted by Gasteiger charge is -2.18. The van der Waals surface area contributed by atoms with Gasteiger partial charge in [0.25, 0.3) is 0 Å². The van der Waals surface area contributed by atoms with E-state index in [0.29, 0.717) is 19.3 Å². The Morgan fingerprint density at radius 1 is 0.481 bits per heavy atom. The molecule has 0 heterocycles. The molecular weight excluding hydrogens is 699 g/mol. The van der Waals surface area contributed by atoms with Crippen molar-refractivity contribution in [3.63, 3.8) is 0 Å². The molecule has 0 aliphatic heterocycles. The number of unbranched alkanes of at least 4 members (excludes halogenated alkanes) is 7. The minimum atomic E-state index is -4.79. The van der Waals surface area contributed by atoms with E-state index in [1.54, 1.807) is 0 Å². The fraction of sp³-hybridized carbons (Fsp3) is 0.556.